The minimum absolute atomic E-state index is 0.00118. The quantitative estimate of drug-likeness (QED) is 0.641. The fraction of sp³-hybridized carbons (Fsp3) is 0.0667. The highest BCUT2D eigenvalue weighted by Crippen LogP contribution is 2.35. The van der Waals surface area contributed by atoms with Crippen molar-refractivity contribution in [3.63, 3.8) is 0 Å². The summed E-state index contributed by atoms with van der Waals surface area (Å²) < 4.78 is 40.0. The maximum atomic E-state index is 13.0. The molecule has 0 aliphatic carbocycles. The highest BCUT2D eigenvalue weighted by Gasteiger charge is 2.33. The van der Waals surface area contributed by atoms with E-state index in [1.54, 1.807) is 24.3 Å². The lowest BCUT2D eigenvalue weighted by Crippen LogP contribution is -2.21. The minimum atomic E-state index is -4.63. The monoisotopic (exact) mass is 356 g/mol. The Morgan fingerprint density at radius 3 is 2.52 bits per heavy atom. The lowest BCUT2D eigenvalue weighted by molar-refractivity contribution is -0.137. The zero-order valence-corrected chi connectivity index (χ0v) is 12.9. The van der Waals surface area contributed by atoms with Gasteiger partial charge in [0.2, 0.25) is 0 Å². The molecule has 23 heavy (non-hydrogen) atoms. The van der Waals surface area contributed by atoms with Gasteiger partial charge in [0.25, 0.3) is 5.56 Å². The molecule has 0 fully saturated rings. The Hall–Kier alpha value is -2.12. The van der Waals surface area contributed by atoms with Gasteiger partial charge in [0, 0.05) is 0 Å². The van der Waals surface area contributed by atoms with Gasteiger partial charge in [-0.15, -0.1) is 0 Å². The largest absolute Gasteiger partial charge is 0.417 e. The van der Waals surface area contributed by atoms with Crippen molar-refractivity contribution < 1.29 is 13.2 Å². The molecule has 1 heterocycles. The van der Waals surface area contributed by atoms with Gasteiger partial charge in [-0.3, -0.25) is 9.36 Å². The van der Waals surface area contributed by atoms with Crippen molar-refractivity contribution in [2.45, 2.75) is 6.18 Å². The topological polar surface area (TPSA) is 37.8 Å². The number of aromatic nitrogens is 2. The summed E-state index contributed by atoms with van der Waals surface area (Å²) in [5, 5.41) is -0.116. The number of para-hydroxylation sites is 1. The first-order valence-corrected chi connectivity index (χ1v) is 7.19. The normalized spacial score (nSPS) is 11.8. The smallest absolute Gasteiger partial charge is 0.331 e. The van der Waals surface area contributed by atoms with Crippen LogP contribution in [-0.2, 0) is 6.18 Å². The number of hydrogen-bond donors (Lipinski definition) is 1. The number of nitrogens with zero attached hydrogens (tertiary/aromatic N) is 1. The number of hydrogen-bond acceptors (Lipinski definition) is 2. The van der Waals surface area contributed by atoms with Crippen LogP contribution in [0.2, 0.25) is 5.02 Å². The van der Waals surface area contributed by atoms with Crippen LogP contribution in [0.3, 0.4) is 0 Å². The Balaban J connectivity index is 2.34. The lowest BCUT2D eigenvalue weighted by Gasteiger charge is -2.13. The third kappa shape index (κ3) is 2.77. The molecule has 0 bridgehead atoms. The third-order valence-corrected chi connectivity index (χ3v) is 3.93. The minimum Gasteiger partial charge on any atom is -0.331 e. The van der Waals surface area contributed by atoms with Crippen molar-refractivity contribution >= 4 is 34.7 Å². The van der Waals surface area contributed by atoms with Crippen molar-refractivity contribution in [1.82, 2.24) is 9.55 Å². The summed E-state index contributed by atoms with van der Waals surface area (Å²) in [4.78, 5) is 15.4. The molecule has 1 N–H and O–H groups in total. The molecule has 2 aromatic carbocycles. The van der Waals surface area contributed by atoms with E-state index < -0.39 is 22.3 Å². The number of aromatic amines is 1. The first-order chi connectivity index (χ1) is 10.8. The van der Waals surface area contributed by atoms with E-state index in [9.17, 15) is 18.0 Å². The van der Waals surface area contributed by atoms with Crippen LogP contribution in [0.15, 0.2) is 47.3 Å². The highest BCUT2D eigenvalue weighted by atomic mass is 35.5. The number of alkyl halides is 3. The molecular weight excluding hydrogens is 349 g/mol. The second kappa shape index (κ2) is 5.50. The fourth-order valence-electron chi connectivity index (χ4n) is 2.27. The number of fused-ring (bicyclic) bond motifs is 1. The zero-order valence-electron chi connectivity index (χ0n) is 11.3. The van der Waals surface area contributed by atoms with Gasteiger partial charge in [-0.2, -0.15) is 13.2 Å². The predicted octanol–water partition coefficient (Wildman–Crippen LogP) is 4.72. The van der Waals surface area contributed by atoms with Crippen LogP contribution < -0.4 is 5.56 Å². The van der Waals surface area contributed by atoms with Crippen LogP contribution in [0.1, 0.15) is 5.56 Å². The third-order valence-electron chi connectivity index (χ3n) is 3.32. The van der Waals surface area contributed by atoms with Gasteiger partial charge in [0.1, 0.15) is 0 Å². The number of rotatable bonds is 1. The van der Waals surface area contributed by atoms with E-state index in [-0.39, 0.29) is 10.5 Å². The molecule has 3 aromatic rings. The van der Waals surface area contributed by atoms with Crippen molar-refractivity contribution in [1.29, 1.82) is 0 Å². The number of nitrogens with one attached hydrogen (secondary N) is 1. The molecule has 0 saturated carbocycles. The second-order valence-electron chi connectivity index (χ2n) is 4.78. The number of H-pyrrole nitrogens is 1. The van der Waals surface area contributed by atoms with Gasteiger partial charge in [0.05, 0.1) is 27.2 Å². The van der Waals surface area contributed by atoms with Gasteiger partial charge < -0.3 is 4.98 Å². The Morgan fingerprint density at radius 2 is 1.83 bits per heavy atom. The van der Waals surface area contributed by atoms with E-state index in [2.05, 4.69) is 4.98 Å². The average Bonchev–Trinajstić information content (AvgIpc) is 2.47. The van der Waals surface area contributed by atoms with Crippen LogP contribution in [0.25, 0.3) is 16.6 Å². The van der Waals surface area contributed by atoms with E-state index in [0.717, 1.165) is 16.7 Å². The molecule has 3 rings (SSSR count). The molecule has 0 aliphatic rings. The van der Waals surface area contributed by atoms with Gasteiger partial charge >= 0.3 is 6.18 Å². The first-order valence-electron chi connectivity index (χ1n) is 6.40. The molecule has 0 unspecified atom stereocenters. The Labute approximate surface area is 138 Å². The molecule has 0 aliphatic heterocycles. The van der Waals surface area contributed by atoms with E-state index in [1.807, 2.05) is 0 Å². The standard InChI is InChI=1S/C15H8ClF3N2OS/c16-11-6-5-8(7-10(11)15(17,18)19)21-13(22)9-3-1-2-4-12(9)20-14(21)23/h1-7H,(H,20,23). The first kappa shape index (κ1) is 15.8. The molecule has 1 aromatic heterocycles. The lowest BCUT2D eigenvalue weighted by atomic mass is 10.2. The van der Waals surface area contributed by atoms with Crippen LogP contribution in [-0.4, -0.2) is 9.55 Å². The van der Waals surface area contributed by atoms with Crippen LogP contribution in [0.5, 0.6) is 0 Å². The predicted molar refractivity (Wildman–Crippen MR) is 84.7 cm³/mol. The van der Waals surface area contributed by atoms with Crippen molar-refractivity contribution in [3.05, 3.63) is 68.2 Å². The summed E-state index contributed by atoms with van der Waals surface area (Å²) in [5.41, 5.74) is -1.01. The SMILES string of the molecule is O=c1c2ccccc2[nH]c(=S)n1-c1ccc(Cl)c(C(F)(F)F)c1. The van der Waals surface area contributed by atoms with Crippen LogP contribution in [0, 0.1) is 4.77 Å². The fourth-order valence-corrected chi connectivity index (χ4v) is 2.79. The summed E-state index contributed by atoms with van der Waals surface area (Å²) in [6, 6.07) is 9.84. The number of halogens is 4. The van der Waals surface area contributed by atoms with Gasteiger partial charge in [0.15, 0.2) is 4.77 Å². The maximum Gasteiger partial charge on any atom is 0.417 e. The molecule has 3 nitrogen and oxygen atoms in total. The van der Waals surface area contributed by atoms with Gasteiger partial charge in [-0.1, -0.05) is 23.7 Å². The molecule has 0 atom stereocenters. The second-order valence-corrected chi connectivity index (χ2v) is 5.57. The van der Waals surface area contributed by atoms with Gasteiger partial charge in [-0.05, 0) is 42.5 Å². The summed E-state index contributed by atoms with van der Waals surface area (Å²) in [7, 11) is 0. The summed E-state index contributed by atoms with van der Waals surface area (Å²) in [5.74, 6) is 0. The van der Waals surface area contributed by atoms with E-state index in [0.29, 0.717) is 10.9 Å². The zero-order chi connectivity index (χ0) is 16.8. The average molecular weight is 357 g/mol. The van der Waals surface area contributed by atoms with E-state index in [1.165, 1.54) is 6.07 Å². The van der Waals surface area contributed by atoms with Crippen LogP contribution in [0.4, 0.5) is 13.2 Å². The molecule has 0 radical (unpaired) electrons. The Kier molecular flexibility index (Phi) is 3.77. The molecule has 118 valence electrons. The highest BCUT2D eigenvalue weighted by molar-refractivity contribution is 7.71. The molecule has 0 amide bonds. The molecule has 0 spiro atoms. The van der Waals surface area contributed by atoms with Crippen molar-refractivity contribution in [3.8, 4) is 5.69 Å². The van der Waals surface area contributed by atoms with Gasteiger partial charge in [-0.25, -0.2) is 0 Å². The Bertz CT molecular complexity index is 1020. The number of benzene rings is 2. The Morgan fingerprint density at radius 1 is 1.13 bits per heavy atom. The van der Waals surface area contributed by atoms with E-state index in [4.69, 9.17) is 23.8 Å². The van der Waals surface area contributed by atoms with Crippen molar-refractivity contribution in [2.24, 2.45) is 0 Å². The molecule has 8 heteroatoms. The van der Waals surface area contributed by atoms with Crippen LogP contribution >= 0.6 is 23.8 Å². The summed E-state index contributed by atoms with van der Waals surface area (Å²) in [6.45, 7) is 0. The molecule has 0 saturated heterocycles. The van der Waals surface area contributed by atoms with E-state index >= 15 is 0 Å². The summed E-state index contributed by atoms with van der Waals surface area (Å²) in [6.07, 6.45) is -4.63. The maximum absolute atomic E-state index is 13.0. The van der Waals surface area contributed by atoms with Crippen molar-refractivity contribution in [2.75, 3.05) is 0 Å². The summed E-state index contributed by atoms with van der Waals surface area (Å²) >= 11 is 10.7. The molecular formula is C15H8ClF3N2OS.